The number of methoxy groups -OCH3 is 2. The highest BCUT2D eigenvalue weighted by atomic mass is 32.2. The number of hydrogen-bond donors (Lipinski definition) is 1. The summed E-state index contributed by atoms with van der Waals surface area (Å²) in [4.78, 5) is 17.2. The van der Waals surface area contributed by atoms with Crippen LogP contribution in [-0.2, 0) is 21.3 Å². The minimum absolute atomic E-state index is 0.0342. The van der Waals surface area contributed by atoms with Crippen LogP contribution in [0.3, 0.4) is 0 Å². The zero-order valence-corrected chi connectivity index (χ0v) is 21.0. The highest BCUT2D eigenvalue weighted by molar-refractivity contribution is 7.88. The van der Waals surface area contributed by atoms with Gasteiger partial charge in [-0.15, -0.1) is 0 Å². The Labute approximate surface area is 210 Å². The molecule has 1 aliphatic rings. The molecular formula is C23H24F3N3O7S. The number of halogens is 3. The van der Waals surface area contributed by atoms with E-state index in [-0.39, 0.29) is 41.3 Å². The van der Waals surface area contributed by atoms with Gasteiger partial charge in [0.25, 0.3) is 0 Å². The van der Waals surface area contributed by atoms with Gasteiger partial charge in [0.1, 0.15) is 11.5 Å². The monoisotopic (exact) mass is 543 g/mol. The van der Waals surface area contributed by atoms with E-state index in [0.29, 0.717) is 29.8 Å². The van der Waals surface area contributed by atoms with E-state index in [9.17, 15) is 26.4 Å². The minimum atomic E-state index is -6.12. The zero-order chi connectivity index (χ0) is 27.0. The van der Waals surface area contributed by atoms with Crippen molar-refractivity contribution in [1.82, 2.24) is 15.2 Å². The molecule has 10 nitrogen and oxygen atoms in total. The average Bonchev–Trinajstić information content (AvgIpc) is 3.21. The summed E-state index contributed by atoms with van der Waals surface area (Å²) < 4.78 is 85.2. The maximum Gasteiger partial charge on any atom is 0.534 e. The van der Waals surface area contributed by atoms with Gasteiger partial charge in [-0.2, -0.15) is 26.7 Å². The van der Waals surface area contributed by atoms with E-state index in [1.54, 1.807) is 19.1 Å². The van der Waals surface area contributed by atoms with Gasteiger partial charge in [-0.25, -0.2) is 9.78 Å². The first kappa shape index (κ1) is 26.5. The lowest BCUT2D eigenvalue weighted by Gasteiger charge is -2.24. The zero-order valence-electron chi connectivity index (χ0n) is 20.1. The number of aromatic nitrogens is 3. The number of esters is 1. The average molecular weight is 544 g/mol. The third kappa shape index (κ3) is 5.02. The summed E-state index contributed by atoms with van der Waals surface area (Å²) in [5.41, 5.74) is -5.73. The van der Waals surface area contributed by atoms with Gasteiger partial charge in [0.05, 0.1) is 31.9 Å². The van der Waals surface area contributed by atoms with Gasteiger partial charge >= 0.3 is 21.6 Å². The second-order valence-corrected chi connectivity index (χ2v) is 9.82. The van der Waals surface area contributed by atoms with Crippen molar-refractivity contribution in [2.75, 3.05) is 20.8 Å². The molecule has 0 spiro atoms. The van der Waals surface area contributed by atoms with Crippen molar-refractivity contribution in [3.8, 4) is 17.2 Å². The van der Waals surface area contributed by atoms with E-state index >= 15 is 0 Å². The Morgan fingerprint density at radius 1 is 1.19 bits per heavy atom. The molecule has 2 aromatic heterocycles. The first-order valence-corrected chi connectivity index (χ1v) is 12.7. The molecule has 0 saturated heterocycles. The molecule has 0 unspecified atom stereocenters. The maximum atomic E-state index is 13.4. The van der Waals surface area contributed by atoms with Crippen LogP contribution in [0.2, 0.25) is 0 Å². The minimum Gasteiger partial charge on any atom is -0.497 e. The van der Waals surface area contributed by atoms with Gasteiger partial charge in [-0.05, 0) is 31.4 Å². The van der Waals surface area contributed by atoms with Crippen LogP contribution in [0.25, 0.3) is 11.0 Å². The Morgan fingerprint density at radius 3 is 2.49 bits per heavy atom. The number of nitrogens with one attached hydrogen (secondary N) is 1. The standard InChI is InChI=1S/C23H24F3N3O7S/c1-4-35-22(30)19-15(10-13-8-9-14(33-2)11-16(13)34-3)20(36-37(31,32)23(24,25)26)17-18(12-6-5-7-12)28-29-21(17)27-19/h8-9,11-12H,4-7,10H2,1-3H3,(H,27,28,29). The molecule has 200 valence electrons. The van der Waals surface area contributed by atoms with Crippen molar-refractivity contribution >= 4 is 27.1 Å². The summed E-state index contributed by atoms with van der Waals surface area (Å²) >= 11 is 0. The number of hydrogen-bond acceptors (Lipinski definition) is 9. The molecule has 2 heterocycles. The Morgan fingerprint density at radius 2 is 1.92 bits per heavy atom. The molecule has 1 fully saturated rings. The van der Waals surface area contributed by atoms with E-state index < -0.39 is 33.0 Å². The first-order valence-electron chi connectivity index (χ1n) is 11.3. The quantitative estimate of drug-likeness (QED) is 0.239. The Bertz CT molecular complexity index is 1430. The number of carbonyl (C=O) groups excluding carboxylic acids is 1. The van der Waals surface area contributed by atoms with Gasteiger partial charge in [-0.1, -0.05) is 12.5 Å². The second-order valence-electron chi connectivity index (χ2n) is 8.29. The summed E-state index contributed by atoms with van der Waals surface area (Å²) in [6, 6.07) is 4.69. The van der Waals surface area contributed by atoms with Crippen molar-refractivity contribution < 1.29 is 44.8 Å². The molecule has 0 radical (unpaired) electrons. The smallest absolute Gasteiger partial charge is 0.497 e. The molecule has 37 heavy (non-hydrogen) atoms. The van der Waals surface area contributed by atoms with Gasteiger partial charge < -0.3 is 18.4 Å². The fraction of sp³-hybridized carbons (Fsp3) is 0.435. The third-order valence-electron chi connectivity index (χ3n) is 6.08. The van der Waals surface area contributed by atoms with Crippen molar-refractivity contribution in [3.05, 3.63) is 40.7 Å². The van der Waals surface area contributed by atoms with Crippen LogP contribution in [0.15, 0.2) is 18.2 Å². The topological polar surface area (TPSA) is 130 Å². The fourth-order valence-corrected chi connectivity index (χ4v) is 4.53. The van der Waals surface area contributed by atoms with Crippen molar-refractivity contribution in [2.45, 2.75) is 44.0 Å². The van der Waals surface area contributed by atoms with E-state index in [1.165, 1.54) is 20.3 Å². The van der Waals surface area contributed by atoms with Gasteiger partial charge in [0.2, 0.25) is 0 Å². The summed E-state index contributed by atoms with van der Waals surface area (Å²) in [6.45, 7) is 1.48. The van der Waals surface area contributed by atoms with Crippen LogP contribution < -0.4 is 13.7 Å². The van der Waals surface area contributed by atoms with Crippen molar-refractivity contribution in [1.29, 1.82) is 0 Å². The lowest BCUT2D eigenvalue weighted by atomic mass is 9.81. The molecule has 1 N–H and O–H groups in total. The lowest BCUT2D eigenvalue weighted by Crippen LogP contribution is -2.29. The molecule has 1 aromatic carbocycles. The summed E-state index contributed by atoms with van der Waals surface area (Å²) in [6.07, 6.45) is 2.00. The number of ether oxygens (including phenoxy) is 3. The molecule has 0 atom stereocenters. The predicted octanol–water partition coefficient (Wildman–Crippen LogP) is 4.24. The van der Waals surface area contributed by atoms with E-state index in [2.05, 4.69) is 15.2 Å². The molecule has 1 aliphatic carbocycles. The molecule has 0 bridgehead atoms. The Balaban J connectivity index is 2.02. The van der Waals surface area contributed by atoms with Crippen LogP contribution in [0, 0.1) is 0 Å². The molecule has 0 aliphatic heterocycles. The van der Waals surface area contributed by atoms with Gasteiger partial charge in [0.15, 0.2) is 17.1 Å². The van der Waals surface area contributed by atoms with Gasteiger partial charge in [0, 0.05) is 24.0 Å². The molecule has 3 aromatic rings. The number of fused-ring (bicyclic) bond motifs is 1. The van der Waals surface area contributed by atoms with Crippen LogP contribution in [0.1, 0.15) is 59.4 Å². The molecule has 4 rings (SSSR count). The van der Waals surface area contributed by atoms with Crippen LogP contribution in [0.5, 0.6) is 17.2 Å². The fourth-order valence-electron chi connectivity index (χ4n) is 4.04. The normalized spacial score (nSPS) is 14.3. The molecule has 14 heteroatoms. The highest BCUT2D eigenvalue weighted by Crippen LogP contribution is 2.44. The van der Waals surface area contributed by atoms with Crippen molar-refractivity contribution in [3.63, 3.8) is 0 Å². The first-order chi connectivity index (χ1) is 17.5. The van der Waals surface area contributed by atoms with E-state index in [1.807, 2.05) is 0 Å². The van der Waals surface area contributed by atoms with Crippen LogP contribution in [-0.4, -0.2) is 55.9 Å². The highest BCUT2D eigenvalue weighted by Gasteiger charge is 2.49. The number of aromatic amines is 1. The third-order valence-corrected chi connectivity index (χ3v) is 7.04. The number of rotatable bonds is 9. The number of alkyl halides is 3. The second kappa shape index (κ2) is 10.1. The molecular weight excluding hydrogens is 519 g/mol. The predicted molar refractivity (Wildman–Crippen MR) is 124 cm³/mol. The number of nitrogens with zero attached hydrogens (tertiary/aromatic N) is 2. The number of carbonyl (C=O) groups is 1. The molecule has 1 saturated carbocycles. The van der Waals surface area contributed by atoms with E-state index in [0.717, 1.165) is 6.42 Å². The van der Waals surface area contributed by atoms with E-state index in [4.69, 9.17) is 18.4 Å². The van der Waals surface area contributed by atoms with Crippen LogP contribution >= 0.6 is 0 Å². The van der Waals surface area contributed by atoms with Crippen LogP contribution in [0.4, 0.5) is 13.2 Å². The Kier molecular flexibility index (Phi) is 7.22. The number of benzene rings is 1. The molecule has 0 amide bonds. The summed E-state index contributed by atoms with van der Waals surface area (Å²) in [7, 11) is -3.30. The largest absolute Gasteiger partial charge is 0.534 e. The maximum absolute atomic E-state index is 13.4. The van der Waals surface area contributed by atoms with Gasteiger partial charge in [-0.3, -0.25) is 5.10 Å². The Hall–Kier alpha value is -3.55. The number of pyridine rings is 1. The summed E-state index contributed by atoms with van der Waals surface area (Å²) in [5.74, 6) is -1.06. The van der Waals surface area contributed by atoms with Crippen molar-refractivity contribution in [2.24, 2.45) is 0 Å². The lowest BCUT2D eigenvalue weighted by molar-refractivity contribution is -0.0499. The number of H-pyrrole nitrogens is 1. The summed E-state index contributed by atoms with van der Waals surface area (Å²) in [5, 5.41) is 6.75. The SMILES string of the molecule is CCOC(=O)c1nc2[nH]nc(C3CCC3)c2c(OS(=O)(=O)C(F)(F)F)c1Cc1ccc(OC)cc1OC.